The maximum absolute atomic E-state index is 13.8. The van der Waals surface area contributed by atoms with Crippen molar-refractivity contribution < 1.29 is 9.59 Å². The highest BCUT2D eigenvalue weighted by Gasteiger charge is 2.30. The molecule has 7 heteroatoms. The van der Waals surface area contributed by atoms with E-state index in [1.807, 2.05) is 85.9 Å². The molecule has 5 rings (SSSR count). The summed E-state index contributed by atoms with van der Waals surface area (Å²) in [4.78, 5) is 34.2. The molecule has 1 aromatic heterocycles. The zero-order chi connectivity index (χ0) is 28.8. The summed E-state index contributed by atoms with van der Waals surface area (Å²) in [6, 6.07) is 25.4. The van der Waals surface area contributed by atoms with Crippen LogP contribution in [0, 0.1) is 5.92 Å². The zero-order valence-electron chi connectivity index (χ0n) is 24.3. The fraction of sp³-hybridized carbons (Fsp3) is 0.353. The molecule has 2 amide bonds. The minimum Gasteiger partial charge on any atom is -0.361 e. The van der Waals surface area contributed by atoms with Crippen molar-refractivity contribution in [2.45, 2.75) is 38.3 Å². The highest BCUT2D eigenvalue weighted by molar-refractivity contribution is 5.96. The van der Waals surface area contributed by atoms with Crippen LogP contribution in [-0.2, 0) is 11.3 Å². The summed E-state index contributed by atoms with van der Waals surface area (Å²) in [6.07, 6.45) is 3.85. The summed E-state index contributed by atoms with van der Waals surface area (Å²) in [5.41, 5.74) is 4.89. The number of aromatic nitrogens is 1. The average Bonchev–Trinajstić information content (AvgIpc) is 3.42. The molecule has 0 bridgehead atoms. The van der Waals surface area contributed by atoms with Crippen molar-refractivity contribution in [3.05, 3.63) is 102 Å². The first kappa shape index (κ1) is 28.6. The Morgan fingerprint density at radius 2 is 1.71 bits per heavy atom. The Bertz CT molecular complexity index is 1460. The second kappa shape index (κ2) is 13.1. The van der Waals surface area contributed by atoms with Crippen molar-refractivity contribution in [3.63, 3.8) is 0 Å². The molecule has 41 heavy (non-hydrogen) atoms. The van der Waals surface area contributed by atoms with Gasteiger partial charge in [0.2, 0.25) is 5.91 Å². The van der Waals surface area contributed by atoms with E-state index >= 15 is 0 Å². The predicted octanol–water partition coefficient (Wildman–Crippen LogP) is 5.48. The average molecular weight is 552 g/mol. The van der Waals surface area contributed by atoms with E-state index < -0.39 is 6.04 Å². The largest absolute Gasteiger partial charge is 0.361 e. The van der Waals surface area contributed by atoms with Gasteiger partial charge in [-0.3, -0.25) is 9.59 Å². The third-order valence-corrected chi connectivity index (χ3v) is 8.14. The van der Waals surface area contributed by atoms with E-state index in [1.165, 1.54) is 0 Å². The molecule has 0 radical (unpaired) electrons. The summed E-state index contributed by atoms with van der Waals surface area (Å²) in [7, 11) is 4.08. The lowest BCUT2D eigenvalue weighted by molar-refractivity contribution is -0.118. The van der Waals surface area contributed by atoms with Gasteiger partial charge in [-0.25, -0.2) is 0 Å². The van der Waals surface area contributed by atoms with E-state index in [2.05, 4.69) is 45.6 Å². The first-order chi connectivity index (χ1) is 19.9. The normalized spacial score (nSPS) is 15.7. The number of amides is 2. The molecule has 2 atom stereocenters. The topological polar surface area (TPSA) is 80.5 Å². The molecule has 1 fully saturated rings. The van der Waals surface area contributed by atoms with Crippen LogP contribution in [0.5, 0.6) is 0 Å². The number of rotatable bonds is 10. The SMILES string of the molecule is C[C@@H](c1c[nH]c2ccccc12)[C@@H](NCC1CCN(C(=O)c2ccccc2)CC1)C(=O)Nc1cccc(CN(C)C)c1. The van der Waals surface area contributed by atoms with E-state index in [1.54, 1.807) is 0 Å². The monoisotopic (exact) mass is 551 g/mol. The molecule has 2 heterocycles. The number of carbonyl (C=O) groups is 2. The van der Waals surface area contributed by atoms with Crippen LogP contribution in [0.2, 0.25) is 0 Å². The van der Waals surface area contributed by atoms with Gasteiger partial charge in [0.1, 0.15) is 0 Å². The van der Waals surface area contributed by atoms with Crippen molar-refractivity contribution in [2.24, 2.45) is 5.92 Å². The Kier molecular flexibility index (Phi) is 9.17. The van der Waals surface area contributed by atoms with Gasteiger partial charge in [-0.05, 0) is 80.9 Å². The fourth-order valence-corrected chi connectivity index (χ4v) is 5.88. The van der Waals surface area contributed by atoms with Gasteiger partial charge in [0.05, 0.1) is 6.04 Å². The second-order valence-electron chi connectivity index (χ2n) is 11.5. The minimum atomic E-state index is -0.421. The Labute approximate surface area is 242 Å². The third-order valence-electron chi connectivity index (χ3n) is 8.14. The van der Waals surface area contributed by atoms with Gasteiger partial charge in [0, 0.05) is 53.9 Å². The van der Waals surface area contributed by atoms with Crippen molar-refractivity contribution in [1.82, 2.24) is 20.1 Å². The minimum absolute atomic E-state index is 0.0403. The smallest absolute Gasteiger partial charge is 0.253 e. The lowest BCUT2D eigenvalue weighted by Crippen LogP contribution is -2.47. The van der Waals surface area contributed by atoms with Crippen LogP contribution in [-0.4, -0.2) is 66.4 Å². The van der Waals surface area contributed by atoms with E-state index in [0.29, 0.717) is 5.92 Å². The zero-order valence-corrected chi connectivity index (χ0v) is 24.3. The van der Waals surface area contributed by atoms with Crippen LogP contribution in [0.3, 0.4) is 0 Å². The Morgan fingerprint density at radius 1 is 0.976 bits per heavy atom. The number of piperidine rings is 1. The quantitative estimate of drug-likeness (QED) is 0.244. The van der Waals surface area contributed by atoms with Gasteiger partial charge >= 0.3 is 0 Å². The number of hydrogen-bond acceptors (Lipinski definition) is 4. The standard InChI is InChI=1S/C34H41N5O2/c1-24(30-22-35-31-15-8-7-14-29(30)31)32(33(40)37-28-13-9-10-26(20-28)23-38(2)3)36-21-25-16-18-39(19-17-25)34(41)27-11-5-4-6-12-27/h4-15,20,22,24-25,32,35-36H,16-19,21,23H2,1-3H3,(H,37,40)/t24-,32+/m0/s1. The number of likely N-dealkylation sites (tertiary alicyclic amines) is 1. The van der Waals surface area contributed by atoms with Gasteiger partial charge < -0.3 is 25.4 Å². The van der Waals surface area contributed by atoms with Gasteiger partial charge in [-0.15, -0.1) is 0 Å². The number of para-hydroxylation sites is 1. The first-order valence-corrected chi connectivity index (χ1v) is 14.6. The molecular weight excluding hydrogens is 510 g/mol. The van der Waals surface area contributed by atoms with Gasteiger partial charge in [-0.2, -0.15) is 0 Å². The number of carbonyl (C=O) groups excluding carboxylic acids is 2. The number of nitrogens with zero attached hydrogens (tertiary/aromatic N) is 2. The summed E-state index contributed by atoms with van der Waals surface area (Å²) < 4.78 is 0. The summed E-state index contributed by atoms with van der Waals surface area (Å²) in [5.74, 6) is 0.389. The Morgan fingerprint density at radius 3 is 2.46 bits per heavy atom. The molecular formula is C34H41N5O2. The molecule has 4 aromatic rings. The molecule has 1 aliphatic heterocycles. The molecule has 0 spiro atoms. The van der Waals surface area contributed by atoms with Gasteiger partial charge in [0.15, 0.2) is 0 Å². The lowest BCUT2D eigenvalue weighted by atomic mass is 9.90. The Hall–Kier alpha value is -3.94. The summed E-state index contributed by atoms with van der Waals surface area (Å²) in [5, 5.41) is 7.98. The third kappa shape index (κ3) is 7.04. The van der Waals surface area contributed by atoms with Crippen LogP contribution in [0.25, 0.3) is 10.9 Å². The fourth-order valence-electron chi connectivity index (χ4n) is 5.88. The van der Waals surface area contributed by atoms with Gasteiger partial charge in [-0.1, -0.05) is 55.5 Å². The number of fused-ring (bicyclic) bond motifs is 1. The number of nitrogens with one attached hydrogen (secondary N) is 3. The molecule has 3 aromatic carbocycles. The van der Waals surface area contributed by atoms with Crippen LogP contribution in [0.1, 0.15) is 47.2 Å². The van der Waals surface area contributed by atoms with Crippen LogP contribution < -0.4 is 10.6 Å². The van der Waals surface area contributed by atoms with Crippen molar-refractivity contribution in [1.29, 1.82) is 0 Å². The molecule has 214 valence electrons. The lowest BCUT2D eigenvalue weighted by Gasteiger charge is -2.33. The maximum atomic E-state index is 13.8. The van der Waals surface area contributed by atoms with Gasteiger partial charge in [0.25, 0.3) is 5.91 Å². The number of benzene rings is 3. The van der Waals surface area contributed by atoms with Crippen LogP contribution in [0.15, 0.2) is 85.1 Å². The highest BCUT2D eigenvalue weighted by Crippen LogP contribution is 2.29. The van der Waals surface area contributed by atoms with Crippen LogP contribution >= 0.6 is 0 Å². The molecule has 7 nitrogen and oxygen atoms in total. The van der Waals surface area contributed by atoms with Crippen molar-refractivity contribution in [2.75, 3.05) is 39.0 Å². The van der Waals surface area contributed by atoms with Crippen molar-refractivity contribution in [3.8, 4) is 0 Å². The summed E-state index contributed by atoms with van der Waals surface area (Å²) >= 11 is 0. The predicted molar refractivity (Wildman–Crippen MR) is 166 cm³/mol. The number of anilines is 1. The maximum Gasteiger partial charge on any atom is 0.253 e. The molecule has 1 saturated heterocycles. The molecule has 3 N–H and O–H groups in total. The second-order valence-corrected chi connectivity index (χ2v) is 11.5. The van der Waals surface area contributed by atoms with E-state index in [-0.39, 0.29) is 17.7 Å². The molecule has 0 unspecified atom stereocenters. The number of hydrogen-bond donors (Lipinski definition) is 3. The number of H-pyrrole nitrogens is 1. The first-order valence-electron chi connectivity index (χ1n) is 14.6. The molecule has 1 aliphatic rings. The number of aromatic amines is 1. The van der Waals surface area contributed by atoms with Crippen molar-refractivity contribution >= 4 is 28.4 Å². The molecule has 0 saturated carbocycles. The van der Waals surface area contributed by atoms with E-state index in [4.69, 9.17) is 0 Å². The Balaban J connectivity index is 1.28. The van der Waals surface area contributed by atoms with E-state index in [9.17, 15) is 9.59 Å². The highest BCUT2D eigenvalue weighted by atomic mass is 16.2. The van der Waals surface area contributed by atoms with E-state index in [0.717, 1.165) is 72.3 Å². The van der Waals surface area contributed by atoms with Crippen LogP contribution in [0.4, 0.5) is 5.69 Å². The molecule has 0 aliphatic carbocycles. The summed E-state index contributed by atoms with van der Waals surface area (Å²) in [6.45, 7) is 5.11.